The Bertz CT molecular complexity index is 285. The van der Waals surface area contributed by atoms with Gasteiger partial charge in [-0.25, -0.2) is 0 Å². The molecule has 90 valence electrons. The molecule has 0 aromatic heterocycles. The van der Waals surface area contributed by atoms with Gasteiger partial charge in [0.25, 0.3) is 0 Å². The number of benzene rings is 1. The molecule has 0 spiro atoms. The third-order valence-corrected chi connectivity index (χ3v) is 3.55. The summed E-state index contributed by atoms with van der Waals surface area (Å²) in [7, 11) is 2.06. The summed E-state index contributed by atoms with van der Waals surface area (Å²) in [5.41, 5.74) is 2.75. The Hall–Kier alpha value is -0.820. The quantitative estimate of drug-likeness (QED) is 0.760. The lowest BCUT2D eigenvalue weighted by Crippen LogP contribution is -2.19. The molecule has 0 heterocycles. The Morgan fingerprint density at radius 3 is 2.06 bits per heavy atom. The van der Waals surface area contributed by atoms with Gasteiger partial charge in [-0.05, 0) is 31.9 Å². The second kappa shape index (κ2) is 6.70. The molecule has 0 bridgehead atoms. The lowest BCUT2D eigenvalue weighted by Gasteiger charge is -2.22. The van der Waals surface area contributed by atoms with E-state index in [4.69, 9.17) is 0 Å². The molecule has 0 aliphatic rings. The van der Waals surface area contributed by atoms with Crippen LogP contribution in [-0.2, 0) is 0 Å². The molecule has 1 nitrogen and oxygen atoms in total. The van der Waals surface area contributed by atoms with Gasteiger partial charge in [-0.2, -0.15) is 0 Å². The first-order valence-corrected chi connectivity index (χ1v) is 6.45. The maximum absolute atomic E-state index is 3.44. The first kappa shape index (κ1) is 13.2. The molecule has 1 aromatic carbocycles. The van der Waals surface area contributed by atoms with E-state index in [-0.39, 0.29) is 0 Å². The van der Waals surface area contributed by atoms with Gasteiger partial charge in [0, 0.05) is 6.04 Å². The van der Waals surface area contributed by atoms with E-state index < -0.39 is 0 Å². The maximum Gasteiger partial charge on any atom is 0.0320 e. The van der Waals surface area contributed by atoms with Crippen LogP contribution in [0.2, 0.25) is 0 Å². The molecule has 1 atom stereocenters. The molecule has 1 unspecified atom stereocenters. The lowest BCUT2D eigenvalue weighted by atomic mass is 9.91. The van der Waals surface area contributed by atoms with Crippen molar-refractivity contribution in [3.8, 4) is 0 Å². The summed E-state index contributed by atoms with van der Waals surface area (Å²) in [5.74, 6) is 0.832. The highest BCUT2D eigenvalue weighted by Crippen LogP contribution is 2.25. The topological polar surface area (TPSA) is 12.0 Å². The highest BCUT2D eigenvalue weighted by atomic mass is 14.9. The molecule has 1 aromatic rings. The average Bonchev–Trinajstić information content (AvgIpc) is 2.32. The van der Waals surface area contributed by atoms with Crippen LogP contribution in [0.5, 0.6) is 0 Å². The van der Waals surface area contributed by atoms with Crippen LogP contribution < -0.4 is 5.32 Å². The van der Waals surface area contributed by atoms with Crippen LogP contribution in [0.3, 0.4) is 0 Å². The highest BCUT2D eigenvalue weighted by molar-refractivity contribution is 5.24. The lowest BCUT2D eigenvalue weighted by molar-refractivity contribution is 0.385. The normalized spacial score (nSPS) is 13.1. The molecule has 1 N–H and O–H groups in total. The fourth-order valence-corrected chi connectivity index (χ4v) is 2.17. The third-order valence-electron chi connectivity index (χ3n) is 3.55. The van der Waals surface area contributed by atoms with Crippen molar-refractivity contribution in [1.29, 1.82) is 0 Å². The molecule has 0 radical (unpaired) electrons. The molecule has 16 heavy (non-hydrogen) atoms. The van der Waals surface area contributed by atoms with Crippen molar-refractivity contribution >= 4 is 0 Å². The van der Waals surface area contributed by atoms with Crippen molar-refractivity contribution in [3.63, 3.8) is 0 Å². The molecule has 0 aliphatic carbocycles. The zero-order chi connectivity index (χ0) is 12.0. The maximum atomic E-state index is 3.44. The van der Waals surface area contributed by atoms with Crippen LogP contribution in [0.15, 0.2) is 24.3 Å². The van der Waals surface area contributed by atoms with Crippen LogP contribution in [0.1, 0.15) is 50.3 Å². The van der Waals surface area contributed by atoms with Crippen LogP contribution in [0, 0.1) is 12.8 Å². The number of hydrogen-bond acceptors (Lipinski definition) is 1. The second-order valence-electron chi connectivity index (χ2n) is 4.67. The van der Waals surface area contributed by atoms with Crippen LogP contribution in [0.4, 0.5) is 0 Å². The van der Waals surface area contributed by atoms with E-state index in [0.717, 1.165) is 5.92 Å². The van der Waals surface area contributed by atoms with E-state index in [0.29, 0.717) is 6.04 Å². The van der Waals surface area contributed by atoms with E-state index >= 15 is 0 Å². The Morgan fingerprint density at radius 1 is 1.06 bits per heavy atom. The summed E-state index contributed by atoms with van der Waals surface area (Å²) in [6.07, 6.45) is 3.80. The van der Waals surface area contributed by atoms with E-state index in [9.17, 15) is 0 Å². The van der Waals surface area contributed by atoms with Gasteiger partial charge in [0.15, 0.2) is 0 Å². The highest BCUT2D eigenvalue weighted by Gasteiger charge is 2.13. The largest absolute Gasteiger partial charge is 0.313 e. The van der Waals surface area contributed by atoms with E-state index in [1.54, 1.807) is 0 Å². The Labute approximate surface area is 100 Å². The standard InChI is InChI=1S/C15H25N/c1-5-13(6-2)11-15(16-4)14-9-7-12(3)8-10-14/h7-10,13,15-16H,5-6,11H2,1-4H3. The molecule has 0 amide bonds. The summed E-state index contributed by atoms with van der Waals surface area (Å²) in [4.78, 5) is 0. The second-order valence-corrected chi connectivity index (χ2v) is 4.67. The monoisotopic (exact) mass is 219 g/mol. The number of rotatable bonds is 6. The van der Waals surface area contributed by atoms with Crippen LogP contribution in [-0.4, -0.2) is 7.05 Å². The van der Waals surface area contributed by atoms with Gasteiger partial charge in [-0.1, -0.05) is 56.5 Å². The summed E-state index contributed by atoms with van der Waals surface area (Å²) in [6, 6.07) is 9.40. The molecule has 0 saturated carbocycles. The van der Waals surface area contributed by atoms with Gasteiger partial charge < -0.3 is 5.32 Å². The molecule has 0 saturated heterocycles. The molecule has 0 aliphatic heterocycles. The predicted octanol–water partition coefficient (Wildman–Crippen LogP) is 4.08. The number of aryl methyl sites for hydroxylation is 1. The Balaban J connectivity index is 2.70. The van der Waals surface area contributed by atoms with Gasteiger partial charge in [0.05, 0.1) is 0 Å². The minimum absolute atomic E-state index is 0.505. The zero-order valence-electron chi connectivity index (χ0n) is 11.1. The summed E-state index contributed by atoms with van der Waals surface area (Å²) in [6.45, 7) is 6.71. The van der Waals surface area contributed by atoms with Crippen LogP contribution in [0.25, 0.3) is 0 Å². The SMILES string of the molecule is CCC(CC)CC(NC)c1ccc(C)cc1. The minimum Gasteiger partial charge on any atom is -0.313 e. The summed E-state index contributed by atoms with van der Waals surface area (Å²) >= 11 is 0. The molecule has 1 heteroatoms. The first-order chi connectivity index (χ1) is 7.71. The Morgan fingerprint density at radius 2 is 1.62 bits per heavy atom. The fourth-order valence-electron chi connectivity index (χ4n) is 2.17. The van der Waals surface area contributed by atoms with E-state index in [1.807, 2.05) is 0 Å². The fraction of sp³-hybridized carbons (Fsp3) is 0.600. The van der Waals surface area contributed by atoms with Crippen molar-refractivity contribution in [2.24, 2.45) is 5.92 Å². The van der Waals surface area contributed by atoms with Crippen LogP contribution >= 0.6 is 0 Å². The summed E-state index contributed by atoms with van der Waals surface area (Å²) < 4.78 is 0. The van der Waals surface area contributed by atoms with Crippen molar-refractivity contribution in [2.75, 3.05) is 7.05 Å². The number of hydrogen-bond donors (Lipinski definition) is 1. The minimum atomic E-state index is 0.505. The van der Waals surface area contributed by atoms with E-state index in [1.165, 1.54) is 30.4 Å². The zero-order valence-corrected chi connectivity index (χ0v) is 11.1. The van der Waals surface area contributed by atoms with Crippen molar-refractivity contribution < 1.29 is 0 Å². The summed E-state index contributed by atoms with van der Waals surface area (Å²) in [5, 5.41) is 3.44. The average molecular weight is 219 g/mol. The van der Waals surface area contributed by atoms with Crippen molar-refractivity contribution in [1.82, 2.24) is 5.32 Å². The van der Waals surface area contributed by atoms with Gasteiger partial charge >= 0.3 is 0 Å². The van der Waals surface area contributed by atoms with Crippen molar-refractivity contribution in [2.45, 2.75) is 46.1 Å². The van der Waals surface area contributed by atoms with E-state index in [2.05, 4.69) is 57.4 Å². The number of nitrogens with one attached hydrogen (secondary N) is 1. The smallest absolute Gasteiger partial charge is 0.0320 e. The Kier molecular flexibility index (Phi) is 5.54. The first-order valence-electron chi connectivity index (χ1n) is 6.45. The molecule has 1 rings (SSSR count). The van der Waals surface area contributed by atoms with Gasteiger partial charge in [-0.15, -0.1) is 0 Å². The molecule has 0 fully saturated rings. The third kappa shape index (κ3) is 3.64. The van der Waals surface area contributed by atoms with Gasteiger partial charge in [0.1, 0.15) is 0 Å². The molecular weight excluding hydrogens is 194 g/mol. The molecular formula is C15H25N. The predicted molar refractivity (Wildman–Crippen MR) is 71.7 cm³/mol. The van der Waals surface area contributed by atoms with Gasteiger partial charge in [0.2, 0.25) is 0 Å². The van der Waals surface area contributed by atoms with Crippen molar-refractivity contribution in [3.05, 3.63) is 35.4 Å². The van der Waals surface area contributed by atoms with Gasteiger partial charge in [-0.3, -0.25) is 0 Å².